The van der Waals surface area contributed by atoms with Crippen molar-refractivity contribution in [2.24, 2.45) is 0 Å². The van der Waals surface area contributed by atoms with Gasteiger partial charge in [0.1, 0.15) is 0 Å². The summed E-state index contributed by atoms with van der Waals surface area (Å²) in [7, 11) is -4.26. The van der Waals surface area contributed by atoms with Gasteiger partial charge in [-0.2, -0.15) is 4.39 Å². The minimum Gasteiger partial charge on any atom is -0.352 e. The second kappa shape index (κ2) is 8.68. The van der Waals surface area contributed by atoms with Crippen LogP contribution >= 0.6 is 0 Å². The molecule has 1 aromatic rings. The molecule has 0 saturated heterocycles. The number of nitrogens with one attached hydrogen (secondary N) is 1. The standard InChI is InChI=1S/C16H22FNO3S/c1-3-4-5-6-11-18-16(19)12-15(17)22(20,21)14-9-7-13(2)8-10-14/h7-10,12H,3-6,11H2,1-2H3,(H,18,19). The fraction of sp³-hybridized carbons (Fsp3) is 0.438. The molecule has 22 heavy (non-hydrogen) atoms. The molecule has 4 nitrogen and oxygen atoms in total. The molecule has 0 radical (unpaired) electrons. The predicted octanol–water partition coefficient (Wildman–Crippen LogP) is 3.28. The van der Waals surface area contributed by atoms with E-state index >= 15 is 0 Å². The quantitative estimate of drug-likeness (QED) is 0.589. The molecule has 0 fully saturated rings. The topological polar surface area (TPSA) is 63.2 Å². The lowest BCUT2D eigenvalue weighted by Gasteiger charge is -2.04. The number of amides is 1. The molecule has 0 heterocycles. The number of unbranched alkanes of at least 4 members (excludes halogenated alkanes) is 3. The van der Waals surface area contributed by atoms with Crippen LogP contribution in [-0.4, -0.2) is 20.9 Å². The first-order chi connectivity index (χ1) is 10.4. The molecular formula is C16H22FNO3S. The van der Waals surface area contributed by atoms with Crippen LogP contribution in [0.1, 0.15) is 38.2 Å². The molecule has 0 spiro atoms. The largest absolute Gasteiger partial charge is 0.352 e. The van der Waals surface area contributed by atoms with Crippen molar-refractivity contribution in [1.82, 2.24) is 5.32 Å². The van der Waals surface area contributed by atoms with Crippen LogP contribution < -0.4 is 5.32 Å². The van der Waals surface area contributed by atoms with Gasteiger partial charge in [-0.1, -0.05) is 43.9 Å². The van der Waals surface area contributed by atoms with Gasteiger partial charge in [-0.15, -0.1) is 0 Å². The van der Waals surface area contributed by atoms with Gasteiger partial charge in [0.15, 0.2) is 0 Å². The molecule has 1 N–H and O–H groups in total. The molecule has 1 rings (SSSR count). The third-order valence-electron chi connectivity index (χ3n) is 3.16. The number of halogens is 1. The first-order valence-corrected chi connectivity index (χ1v) is 8.83. The Kier molecular flexibility index (Phi) is 7.24. The molecule has 122 valence electrons. The van der Waals surface area contributed by atoms with E-state index in [-0.39, 0.29) is 4.90 Å². The van der Waals surface area contributed by atoms with E-state index in [1.807, 2.05) is 0 Å². The van der Waals surface area contributed by atoms with E-state index in [1.165, 1.54) is 12.1 Å². The summed E-state index contributed by atoms with van der Waals surface area (Å²) in [6.07, 6.45) is 4.42. The maximum absolute atomic E-state index is 13.9. The summed E-state index contributed by atoms with van der Waals surface area (Å²) in [4.78, 5) is 11.4. The van der Waals surface area contributed by atoms with E-state index in [9.17, 15) is 17.6 Å². The zero-order valence-electron chi connectivity index (χ0n) is 12.9. The van der Waals surface area contributed by atoms with Crippen molar-refractivity contribution in [3.63, 3.8) is 0 Å². The Balaban J connectivity index is 2.66. The number of sulfone groups is 1. The molecule has 0 unspecified atom stereocenters. The molecule has 1 aromatic carbocycles. The predicted molar refractivity (Wildman–Crippen MR) is 84.7 cm³/mol. The van der Waals surface area contributed by atoms with Gasteiger partial charge in [-0.05, 0) is 25.5 Å². The molecule has 0 atom stereocenters. The third kappa shape index (κ3) is 5.60. The Morgan fingerprint density at radius 2 is 1.82 bits per heavy atom. The Bertz CT molecular complexity index is 621. The van der Waals surface area contributed by atoms with Gasteiger partial charge in [-0.25, -0.2) is 8.42 Å². The van der Waals surface area contributed by atoms with Crippen LogP contribution in [0.25, 0.3) is 0 Å². The Labute approximate surface area is 131 Å². The van der Waals surface area contributed by atoms with Crippen molar-refractivity contribution >= 4 is 15.7 Å². The third-order valence-corrected chi connectivity index (χ3v) is 4.69. The van der Waals surface area contributed by atoms with Gasteiger partial charge in [0, 0.05) is 6.54 Å². The van der Waals surface area contributed by atoms with E-state index in [1.54, 1.807) is 19.1 Å². The normalized spacial score (nSPS) is 12.2. The number of aryl methyl sites for hydroxylation is 1. The molecule has 0 aliphatic rings. The number of rotatable bonds is 8. The lowest BCUT2D eigenvalue weighted by atomic mass is 10.2. The van der Waals surface area contributed by atoms with Crippen molar-refractivity contribution in [2.45, 2.75) is 44.4 Å². The maximum Gasteiger partial charge on any atom is 0.247 e. The lowest BCUT2D eigenvalue weighted by molar-refractivity contribution is -0.116. The Morgan fingerprint density at radius 1 is 1.18 bits per heavy atom. The van der Waals surface area contributed by atoms with Gasteiger partial charge < -0.3 is 5.32 Å². The highest BCUT2D eigenvalue weighted by Gasteiger charge is 2.21. The number of carbonyl (C=O) groups is 1. The number of carbonyl (C=O) groups excluding carboxylic acids is 1. The van der Waals surface area contributed by atoms with Crippen molar-refractivity contribution in [1.29, 1.82) is 0 Å². The first kappa shape index (κ1) is 18.4. The molecule has 0 saturated carbocycles. The van der Waals surface area contributed by atoms with Crippen LogP contribution in [0.5, 0.6) is 0 Å². The summed E-state index contributed by atoms with van der Waals surface area (Å²) >= 11 is 0. The van der Waals surface area contributed by atoms with E-state index in [0.717, 1.165) is 31.2 Å². The molecule has 0 bridgehead atoms. The summed E-state index contributed by atoms with van der Waals surface area (Å²) < 4.78 is 37.8. The SMILES string of the molecule is CCCCCCNC(=O)C=C(F)S(=O)(=O)c1ccc(C)cc1. The van der Waals surface area contributed by atoms with E-state index < -0.39 is 20.9 Å². The molecule has 6 heteroatoms. The minimum absolute atomic E-state index is 0.164. The average Bonchev–Trinajstić information content (AvgIpc) is 2.47. The van der Waals surface area contributed by atoms with Crippen molar-refractivity contribution < 1.29 is 17.6 Å². The van der Waals surface area contributed by atoms with Crippen molar-refractivity contribution in [3.8, 4) is 0 Å². The van der Waals surface area contributed by atoms with Crippen molar-refractivity contribution in [2.75, 3.05) is 6.54 Å². The number of benzene rings is 1. The van der Waals surface area contributed by atoms with Crippen molar-refractivity contribution in [3.05, 3.63) is 41.1 Å². The highest BCUT2D eigenvalue weighted by molar-refractivity contribution is 7.95. The average molecular weight is 327 g/mol. The van der Waals surface area contributed by atoms with E-state index in [0.29, 0.717) is 12.6 Å². The highest BCUT2D eigenvalue weighted by Crippen LogP contribution is 2.20. The van der Waals surface area contributed by atoms with Crippen LogP contribution in [-0.2, 0) is 14.6 Å². The first-order valence-electron chi connectivity index (χ1n) is 7.34. The fourth-order valence-electron chi connectivity index (χ4n) is 1.83. The summed E-state index contributed by atoms with van der Waals surface area (Å²) in [5.41, 5.74) is 0.869. The summed E-state index contributed by atoms with van der Waals surface area (Å²) in [6.45, 7) is 4.29. The van der Waals surface area contributed by atoms with Crippen LogP contribution in [0.4, 0.5) is 4.39 Å². The van der Waals surface area contributed by atoms with Gasteiger partial charge in [0.2, 0.25) is 20.9 Å². The van der Waals surface area contributed by atoms with Crippen LogP contribution in [0.2, 0.25) is 0 Å². The smallest absolute Gasteiger partial charge is 0.247 e. The molecule has 0 aliphatic heterocycles. The summed E-state index contributed by atoms with van der Waals surface area (Å²) in [5.74, 6) is -0.732. The van der Waals surface area contributed by atoms with Crippen LogP contribution in [0.15, 0.2) is 40.4 Å². The minimum atomic E-state index is -4.26. The van der Waals surface area contributed by atoms with Gasteiger partial charge >= 0.3 is 0 Å². The second-order valence-corrected chi connectivity index (χ2v) is 6.98. The number of hydrogen-bond acceptors (Lipinski definition) is 3. The van der Waals surface area contributed by atoms with Gasteiger partial charge in [-0.3, -0.25) is 4.79 Å². The summed E-state index contributed by atoms with van der Waals surface area (Å²) in [6, 6.07) is 5.80. The van der Waals surface area contributed by atoms with Crippen LogP contribution in [0, 0.1) is 6.92 Å². The zero-order chi connectivity index (χ0) is 16.6. The summed E-state index contributed by atoms with van der Waals surface area (Å²) in [5, 5.41) is 1.04. The maximum atomic E-state index is 13.9. The second-order valence-electron chi connectivity index (χ2n) is 5.12. The lowest BCUT2D eigenvalue weighted by Crippen LogP contribution is -2.23. The zero-order valence-corrected chi connectivity index (χ0v) is 13.7. The van der Waals surface area contributed by atoms with E-state index in [2.05, 4.69) is 12.2 Å². The molecular weight excluding hydrogens is 305 g/mol. The Hall–Kier alpha value is -1.69. The highest BCUT2D eigenvalue weighted by atomic mass is 32.2. The monoisotopic (exact) mass is 327 g/mol. The van der Waals surface area contributed by atoms with E-state index in [4.69, 9.17) is 0 Å². The molecule has 1 amide bonds. The fourth-order valence-corrected chi connectivity index (χ4v) is 2.81. The molecule has 0 aromatic heterocycles. The van der Waals surface area contributed by atoms with Gasteiger partial charge in [0.25, 0.3) is 0 Å². The molecule has 0 aliphatic carbocycles. The van der Waals surface area contributed by atoms with Gasteiger partial charge in [0.05, 0.1) is 11.0 Å². The van der Waals surface area contributed by atoms with Crippen LogP contribution in [0.3, 0.4) is 0 Å². The Morgan fingerprint density at radius 3 is 2.41 bits per heavy atom. The number of hydrogen-bond donors (Lipinski definition) is 1.